The molecule has 3 heteroatoms. The molecule has 0 heterocycles. The number of para-hydroxylation sites is 2. The van der Waals surface area contributed by atoms with E-state index in [0.717, 1.165) is 42.7 Å². The number of hydrogen-bond acceptors (Lipinski definition) is 2. The summed E-state index contributed by atoms with van der Waals surface area (Å²) in [5.41, 5.74) is 1.47. The molecule has 1 saturated carbocycles. The van der Waals surface area contributed by atoms with E-state index in [2.05, 4.69) is 24.4 Å². The van der Waals surface area contributed by atoms with Crippen LogP contribution in [-0.4, -0.2) is 12.5 Å². The molecule has 1 amide bonds. The van der Waals surface area contributed by atoms with Crippen LogP contribution in [0.1, 0.15) is 38.2 Å². The van der Waals surface area contributed by atoms with Gasteiger partial charge in [0.05, 0.1) is 17.7 Å². The van der Waals surface area contributed by atoms with E-state index in [1.165, 1.54) is 0 Å². The first-order valence-corrected chi connectivity index (χ1v) is 8.35. The van der Waals surface area contributed by atoms with Crippen LogP contribution < -0.4 is 10.1 Å². The van der Waals surface area contributed by atoms with E-state index >= 15 is 0 Å². The minimum Gasteiger partial charge on any atom is -0.491 e. The average molecular weight is 309 g/mol. The van der Waals surface area contributed by atoms with E-state index in [4.69, 9.17) is 4.74 Å². The highest BCUT2D eigenvalue weighted by atomic mass is 16.5. The van der Waals surface area contributed by atoms with Gasteiger partial charge in [-0.15, -0.1) is 0 Å². The van der Waals surface area contributed by atoms with Crippen molar-refractivity contribution in [3.05, 3.63) is 60.2 Å². The van der Waals surface area contributed by atoms with Crippen molar-refractivity contribution in [1.82, 2.24) is 0 Å². The van der Waals surface area contributed by atoms with Crippen molar-refractivity contribution in [2.75, 3.05) is 11.9 Å². The molecule has 1 N–H and O–H groups in total. The van der Waals surface area contributed by atoms with Gasteiger partial charge in [0, 0.05) is 0 Å². The molecule has 23 heavy (non-hydrogen) atoms. The number of rotatable bonds is 6. The number of anilines is 1. The highest BCUT2D eigenvalue weighted by Crippen LogP contribution is 2.45. The van der Waals surface area contributed by atoms with Crippen molar-refractivity contribution in [1.29, 1.82) is 0 Å². The van der Waals surface area contributed by atoms with Crippen molar-refractivity contribution in [3.63, 3.8) is 0 Å². The van der Waals surface area contributed by atoms with Crippen LogP contribution in [0.3, 0.4) is 0 Å². The Hall–Kier alpha value is -2.29. The van der Waals surface area contributed by atoms with Gasteiger partial charge in [0.25, 0.3) is 0 Å². The van der Waals surface area contributed by atoms with Crippen molar-refractivity contribution < 1.29 is 9.53 Å². The minimum atomic E-state index is -0.390. The molecule has 0 aromatic heterocycles. The molecule has 2 aromatic carbocycles. The Morgan fingerprint density at radius 3 is 2.43 bits per heavy atom. The lowest BCUT2D eigenvalue weighted by Gasteiger charge is -2.40. The van der Waals surface area contributed by atoms with E-state index in [9.17, 15) is 4.79 Å². The van der Waals surface area contributed by atoms with Gasteiger partial charge >= 0.3 is 0 Å². The average Bonchev–Trinajstić information content (AvgIpc) is 2.54. The Morgan fingerprint density at radius 2 is 1.78 bits per heavy atom. The van der Waals surface area contributed by atoms with Crippen LogP contribution in [-0.2, 0) is 10.2 Å². The van der Waals surface area contributed by atoms with Crippen molar-refractivity contribution in [2.24, 2.45) is 0 Å². The second-order valence-electron chi connectivity index (χ2n) is 6.10. The fourth-order valence-electron chi connectivity index (χ4n) is 3.08. The monoisotopic (exact) mass is 309 g/mol. The normalized spacial score (nSPS) is 15.5. The van der Waals surface area contributed by atoms with Crippen molar-refractivity contribution >= 4 is 11.6 Å². The van der Waals surface area contributed by atoms with Gasteiger partial charge in [-0.25, -0.2) is 0 Å². The molecular weight excluding hydrogens is 286 g/mol. The van der Waals surface area contributed by atoms with Gasteiger partial charge in [-0.05, 0) is 37.0 Å². The van der Waals surface area contributed by atoms with Gasteiger partial charge in [0.15, 0.2) is 0 Å². The number of amides is 1. The van der Waals surface area contributed by atoms with E-state index < -0.39 is 0 Å². The van der Waals surface area contributed by atoms with Crippen LogP contribution >= 0.6 is 0 Å². The van der Waals surface area contributed by atoms with Crippen molar-refractivity contribution in [2.45, 2.75) is 38.0 Å². The summed E-state index contributed by atoms with van der Waals surface area (Å²) < 4.78 is 5.74. The molecular formula is C20H23NO2. The Morgan fingerprint density at radius 1 is 1.09 bits per heavy atom. The highest BCUT2D eigenvalue weighted by molar-refractivity contribution is 6.00. The predicted octanol–water partition coefficient (Wildman–Crippen LogP) is 4.54. The Bertz CT molecular complexity index is 662. The van der Waals surface area contributed by atoms with Gasteiger partial charge in [0.1, 0.15) is 5.75 Å². The van der Waals surface area contributed by atoms with E-state index in [1.54, 1.807) is 0 Å². The number of ether oxygens (including phenoxy) is 1. The third-order valence-corrected chi connectivity index (χ3v) is 4.57. The Kier molecular flexibility index (Phi) is 4.65. The molecule has 0 aliphatic heterocycles. The molecule has 0 atom stereocenters. The van der Waals surface area contributed by atoms with Gasteiger partial charge in [-0.3, -0.25) is 4.79 Å². The number of benzene rings is 2. The second-order valence-corrected chi connectivity index (χ2v) is 6.10. The number of carbonyl (C=O) groups excluding carboxylic acids is 1. The summed E-state index contributed by atoms with van der Waals surface area (Å²) in [4.78, 5) is 13.0. The van der Waals surface area contributed by atoms with Crippen LogP contribution in [0.25, 0.3) is 0 Å². The first-order valence-electron chi connectivity index (χ1n) is 8.35. The second kappa shape index (κ2) is 6.86. The van der Waals surface area contributed by atoms with E-state index in [-0.39, 0.29) is 11.3 Å². The molecule has 1 aliphatic rings. The molecule has 3 rings (SSSR count). The molecule has 0 radical (unpaired) electrons. The zero-order valence-corrected chi connectivity index (χ0v) is 13.5. The van der Waals surface area contributed by atoms with Gasteiger partial charge in [-0.2, -0.15) is 0 Å². The van der Waals surface area contributed by atoms with Gasteiger partial charge < -0.3 is 10.1 Å². The fraction of sp³-hybridized carbons (Fsp3) is 0.350. The van der Waals surface area contributed by atoms with Gasteiger partial charge in [-0.1, -0.05) is 55.8 Å². The SMILES string of the molecule is CCCOc1ccccc1NC(=O)C1(c2ccccc2)CCC1. The smallest absolute Gasteiger partial charge is 0.235 e. The topological polar surface area (TPSA) is 38.3 Å². The molecule has 120 valence electrons. The maximum atomic E-state index is 13.0. The van der Waals surface area contributed by atoms with Crippen LogP contribution in [0, 0.1) is 0 Å². The lowest BCUT2D eigenvalue weighted by Crippen LogP contribution is -2.46. The number of carbonyl (C=O) groups is 1. The standard InChI is InChI=1S/C20H23NO2/c1-2-15-23-18-12-7-6-11-17(18)21-19(22)20(13-8-14-20)16-9-4-3-5-10-16/h3-7,9-12H,2,8,13-15H2,1H3,(H,21,22). The van der Waals surface area contributed by atoms with Crippen LogP contribution in [0.2, 0.25) is 0 Å². The molecule has 2 aromatic rings. The largest absolute Gasteiger partial charge is 0.491 e. The maximum Gasteiger partial charge on any atom is 0.235 e. The zero-order valence-electron chi connectivity index (χ0n) is 13.5. The lowest BCUT2D eigenvalue weighted by molar-refractivity contribution is -0.124. The summed E-state index contributed by atoms with van der Waals surface area (Å²) in [6.07, 6.45) is 3.84. The summed E-state index contributed by atoms with van der Waals surface area (Å²) in [6.45, 7) is 2.72. The third kappa shape index (κ3) is 3.09. The molecule has 0 bridgehead atoms. The Labute approximate surface area is 137 Å². The molecule has 0 spiro atoms. The summed E-state index contributed by atoms with van der Waals surface area (Å²) in [5, 5.41) is 3.10. The molecule has 1 fully saturated rings. The fourth-order valence-corrected chi connectivity index (χ4v) is 3.08. The molecule has 0 unspecified atom stereocenters. The van der Waals surface area contributed by atoms with Crippen LogP contribution in [0.5, 0.6) is 5.75 Å². The predicted molar refractivity (Wildman–Crippen MR) is 92.8 cm³/mol. The summed E-state index contributed by atoms with van der Waals surface area (Å²) in [6, 6.07) is 17.8. The Balaban J connectivity index is 1.81. The van der Waals surface area contributed by atoms with E-state index in [0.29, 0.717) is 6.61 Å². The van der Waals surface area contributed by atoms with E-state index in [1.807, 2.05) is 42.5 Å². The first-order chi connectivity index (χ1) is 11.3. The number of nitrogens with one attached hydrogen (secondary N) is 1. The highest BCUT2D eigenvalue weighted by Gasteiger charge is 2.45. The quantitative estimate of drug-likeness (QED) is 0.851. The lowest BCUT2D eigenvalue weighted by atomic mass is 9.64. The molecule has 1 aliphatic carbocycles. The van der Waals surface area contributed by atoms with Crippen LogP contribution in [0.4, 0.5) is 5.69 Å². The zero-order chi connectivity index (χ0) is 16.1. The minimum absolute atomic E-state index is 0.0718. The summed E-state index contributed by atoms with van der Waals surface area (Å²) in [5.74, 6) is 0.813. The van der Waals surface area contributed by atoms with Crippen LogP contribution in [0.15, 0.2) is 54.6 Å². The van der Waals surface area contributed by atoms with Gasteiger partial charge in [0.2, 0.25) is 5.91 Å². The molecule has 3 nitrogen and oxygen atoms in total. The summed E-state index contributed by atoms with van der Waals surface area (Å²) >= 11 is 0. The summed E-state index contributed by atoms with van der Waals surface area (Å²) in [7, 11) is 0. The molecule has 0 saturated heterocycles. The maximum absolute atomic E-state index is 13.0. The number of hydrogen-bond donors (Lipinski definition) is 1. The third-order valence-electron chi connectivity index (χ3n) is 4.57. The first kappa shape index (κ1) is 15.6. The van der Waals surface area contributed by atoms with Crippen molar-refractivity contribution in [3.8, 4) is 5.75 Å².